The largest absolute Gasteiger partial charge is 0.394 e. The number of hydrogen-bond acceptors (Lipinski definition) is 2. The van der Waals surface area contributed by atoms with Crippen molar-refractivity contribution in [3.8, 4) is 16.8 Å². The van der Waals surface area contributed by atoms with Crippen LogP contribution < -0.4 is 19.0 Å². The van der Waals surface area contributed by atoms with Gasteiger partial charge < -0.3 is 4.90 Å². The molecule has 7 aromatic rings. The van der Waals surface area contributed by atoms with Crippen molar-refractivity contribution in [3.05, 3.63) is 172 Å². The molecular formula is C48H39N5+2. The highest BCUT2D eigenvalue weighted by Crippen LogP contribution is 2.70. The second-order valence-electron chi connectivity index (χ2n) is 17.5. The molecule has 0 bridgehead atoms. The van der Waals surface area contributed by atoms with Crippen LogP contribution in [-0.4, -0.2) is 4.68 Å². The van der Waals surface area contributed by atoms with Gasteiger partial charge in [0.25, 0.3) is 5.82 Å². The zero-order valence-electron chi connectivity index (χ0n) is 30.9. The summed E-state index contributed by atoms with van der Waals surface area (Å²) in [5.74, 6) is 1.27. The third kappa shape index (κ3) is 2.79. The normalized spacial score (nSPS) is 20.7. The van der Waals surface area contributed by atoms with E-state index in [-0.39, 0.29) is 16.2 Å². The average molecular weight is 686 g/mol. The van der Waals surface area contributed by atoms with E-state index in [0.29, 0.717) is 0 Å². The maximum atomic E-state index is 2.69. The van der Waals surface area contributed by atoms with E-state index < -0.39 is 5.66 Å². The van der Waals surface area contributed by atoms with Crippen molar-refractivity contribution in [2.75, 3.05) is 9.80 Å². The van der Waals surface area contributed by atoms with Crippen molar-refractivity contribution in [1.82, 2.24) is 4.68 Å². The summed E-state index contributed by atoms with van der Waals surface area (Å²) >= 11 is 0. The first kappa shape index (κ1) is 28.6. The van der Waals surface area contributed by atoms with Gasteiger partial charge in [0, 0.05) is 32.9 Å². The molecular weight excluding hydrogens is 647 g/mol. The quantitative estimate of drug-likeness (QED) is 0.160. The number of nitrogens with zero attached hydrogens (tertiary/aromatic N) is 5. The Morgan fingerprint density at radius 3 is 1.87 bits per heavy atom. The first-order chi connectivity index (χ1) is 25.6. The van der Waals surface area contributed by atoms with E-state index >= 15 is 0 Å². The Balaban J connectivity index is 1.31. The summed E-state index contributed by atoms with van der Waals surface area (Å²) in [4.78, 5) is 5.32. The monoisotopic (exact) mass is 685 g/mol. The van der Waals surface area contributed by atoms with Crippen LogP contribution in [0.4, 0.5) is 34.3 Å². The summed E-state index contributed by atoms with van der Waals surface area (Å²) in [6, 6.07) is 41.4. The lowest BCUT2D eigenvalue weighted by Gasteiger charge is -2.53. The van der Waals surface area contributed by atoms with Crippen LogP contribution in [0.1, 0.15) is 86.1 Å². The van der Waals surface area contributed by atoms with Crippen molar-refractivity contribution in [3.63, 3.8) is 0 Å². The van der Waals surface area contributed by atoms with Crippen LogP contribution >= 0.6 is 0 Å². The highest BCUT2D eigenvalue weighted by atomic mass is 15.6. The fourth-order valence-electron chi connectivity index (χ4n) is 11.6. The standard InChI is InChI=1S/C48H39N5/c1-45(2)30-17-10-11-21-36(30)52-38-23-13-22-37-39(38)48(51-27-29(26-50(37)51)28-15-8-7-9-16-28)40-42(52)34(45)25-35-43(40)53-41-31(18-12-19-32(41)47(35,5)6)46(3,4)33-20-14-24-49(48)44(33)53/h7-27H,1-6H3/q+2. The van der Waals surface area contributed by atoms with Gasteiger partial charge in [-0.2, -0.15) is 9.47 Å². The lowest BCUT2D eigenvalue weighted by molar-refractivity contribution is -0.991. The van der Waals surface area contributed by atoms with E-state index in [1.807, 2.05) is 0 Å². The molecule has 0 radical (unpaired) electrons. The van der Waals surface area contributed by atoms with Gasteiger partial charge in [0.2, 0.25) is 6.20 Å². The molecule has 0 aliphatic carbocycles. The van der Waals surface area contributed by atoms with Crippen molar-refractivity contribution in [1.29, 1.82) is 0 Å². The highest BCUT2D eigenvalue weighted by molar-refractivity contribution is 6.02. The van der Waals surface area contributed by atoms with E-state index in [1.165, 1.54) is 95.6 Å². The molecule has 6 aliphatic rings. The maximum Gasteiger partial charge on any atom is 0.394 e. The van der Waals surface area contributed by atoms with Crippen molar-refractivity contribution < 1.29 is 9.25 Å². The van der Waals surface area contributed by atoms with Crippen LogP contribution in [-0.2, 0) is 21.9 Å². The van der Waals surface area contributed by atoms with Gasteiger partial charge in [-0.1, -0.05) is 119 Å². The molecule has 5 nitrogen and oxygen atoms in total. The molecule has 0 fully saturated rings. The van der Waals surface area contributed by atoms with Gasteiger partial charge in [0.05, 0.1) is 40.6 Å². The Morgan fingerprint density at radius 1 is 0.472 bits per heavy atom. The minimum absolute atomic E-state index is 0.208. The molecule has 6 aliphatic heterocycles. The minimum atomic E-state index is -0.689. The number of anilines is 6. The van der Waals surface area contributed by atoms with Crippen LogP contribution in [0.15, 0.2) is 128 Å². The molecule has 254 valence electrons. The molecule has 53 heavy (non-hydrogen) atoms. The molecule has 2 aromatic heterocycles. The Kier molecular flexibility index (Phi) is 4.58. The van der Waals surface area contributed by atoms with Crippen LogP contribution in [0.3, 0.4) is 0 Å². The highest BCUT2D eigenvalue weighted by Gasteiger charge is 2.73. The van der Waals surface area contributed by atoms with Gasteiger partial charge in [-0.3, -0.25) is 0 Å². The predicted octanol–water partition coefficient (Wildman–Crippen LogP) is 9.81. The molecule has 1 unspecified atom stereocenters. The summed E-state index contributed by atoms with van der Waals surface area (Å²) in [6.07, 6.45) is 7.16. The van der Waals surface area contributed by atoms with Gasteiger partial charge in [-0.25, -0.2) is 0 Å². The molecule has 1 spiro atoms. The topological polar surface area (TPSA) is 19.2 Å². The summed E-state index contributed by atoms with van der Waals surface area (Å²) in [7, 11) is 0. The molecule has 0 saturated carbocycles. The van der Waals surface area contributed by atoms with Crippen LogP contribution in [0.5, 0.6) is 0 Å². The second-order valence-corrected chi connectivity index (χ2v) is 17.5. The molecule has 5 aromatic carbocycles. The van der Waals surface area contributed by atoms with Crippen LogP contribution in [0.25, 0.3) is 16.8 Å². The van der Waals surface area contributed by atoms with Gasteiger partial charge >= 0.3 is 5.66 Å². The number of benzene rings is 5. The Labute approximate surface area is 309 Å². The van der Waals surface area contributed by atoms with E-state index in [0.717, 1.165) is 0 Å². The smallest absolute Gasteiger partial charge is 0.308 e. The van der Waals surface area contributed by atoms with E-state index in [4.69, 9.17) is 0 Å². The van der Waals surface area contributed by atoms with Gasteiger partial charge in [0.1, 0.15) is 22.5 Å². The summed E-state index contributed by atoms with van der Waals surface area (Å²) in [5, 5.41) is 0. The number of pyridine rings is 1. The van der Waals surface area contributed by atoms with E-state index in [1.54, 1.807) is 0 Å². The first-order valence-corrected chi connectivity index (χ1v) is 19.0. The second kappa shape index (κ2) is 8.47. The number of hydrogen-bond donors (Lipinski definition) is 0. The molecule has 5 heteroatoms. The summed E-state index contributed by atoms with van der Waals surface area (Å²) in [5.41, 5.74) is 19.8. The van der Waals surface area contributed by atoms with Gasteiger partial charge in [-0.15, -0.1) is 4.68 Å². The Hall–Kier alpha value is -5.94. The third-order valence-electron chi connectivity index (χ3n) is 14.1. The minimum Gasteiger partial charge on any atom is -0.308 e. The van der Waals surface area contributed by atoms with Crippen LogP contribution in [0, 0.1) is 0 Å². The Bertz CT molecular complexity index is 2890. The lowest BCUT2D eigenvalue weighted by atomic mass is 9.61. The third-order valence-corrected chi connectivity index (χ3v) is 14.1. The summed E-state index contributed by atoms with van der Waals surface area (Å²) in [6.45, 7) is 14.7. The number of fused-ring (bicyclic) bond motifs is 5. The molecule has 0 saturated heterocycles. The van der Waals surface area contributed by atoms with E-state index in [9.17, 15) is 0 Å². The fraction of sp³-hybridized carbons (Fsp3) is 0.208. The average Bonchev–Trinajstić information content (AvgIpc) is 3.72. The maximum absolute atomic E-state index is 2.69. The number of para-hydroxylation sites is 2. The zero-order valence-corrected chi connectivity index (χ0v) is 30.9. The van der Waals surface area contributed by atoms with Gasteiger partial charge in [0.15, 0.2) is 5.69 Å². The first-order valence-electron chi connectivity index (χ1n) is 19.0. The molecule has 8 heterocycles. The van der Waals surface area contributed by atoms with Crippen molar-refractivity contribution >= 4 is 34.3 Å². The Morgan fingerprint density at radius 2 is 1.08 bits per heavy atom. The van der Waals surface area contributed by atoms with E-state index in [2.05, 4.69) is 193 Å². The van der Waals surface area contributed by atoms with Crippen molar-refractivity contribution in [2.24, 2.45) is 0 Å². The zero-order chi connectivity index (χ0) is 35.6. The fourth-order valence-corrected chi connectivity index (χ4v) is 11.6. The number of aromatic nitrogens is 3. The summed E-state index contributed by atoms with van der Waals surface area (Å²) < 4.78 is 7.70. The molecule has 0 amide bonds. The SMILES string of the molecule is CC1(C)c2ccccc2N2c3cccc4c3C3(c5c2c1cc1c5N2c5c(cccc5C(C)(C)c5ccc[n+]3c52)C1(C)C)[n+]1cc(-c2ccccc2)cn1-4. The molecule has 1 atom stereocenters. The predicted molar refractivity (Wildman–Crippen MR) is 209 cm³/mol. The molecule has 13 rings (SSSR count). The van der Waals surface area contributed by atoms with Gasteiger partial charge in [-0.05, 0) is 53.1 Å². The van der Waals surface area contributed by atoms with Crippen molar-refractivity contribution in [2.45, 2.75) is 63.5 Å². The number of rotatable bonds is 1. The molecule has 0 N–H and O–H groups in total. The lowest BCUT2D eigenvalue weighted by Crippen LogP contribution is -2.78. The van der Waals surface area contributed by atoms with Crippen LogP contribution in [0.2, 0.25) is 0 Å².